The second-order valence-corrected chi connectivity index (χ2v) is 5.71. The number of amides is 1. The van der Waals surface area contributed by atoms with E-state index >= 15 is 0 Å². The maximum atomic E-state index is 12.3. The van der Waals surface area contributed by atoms with E-state index in [2.05, 4.69) is 32.6 Å². The SMILES string of the molecule is CCCNc1ncnc2c1cnn2CCNC(=O)c1ccccc1OC. The summed E-state index contributed by atoms with van der Waals surface area (Å²) in [7, 11) is 1.55. The highest BCUT2D eigenvalue weighted by Crippen LogP contribution is 2.19. The Morgan fingerprint density at radius 1 is 1.23 bits per heavy atom. The van der Waals surface area contributed by atoms with Gasteiger partial charge in [0.15, 0.2) is 5.65 Å². The molecule has 0 aliphatic heterocycles. The summed E-state index contributed by atoms with van der Waals surface area (Å²) < 4.78 is 6.98. The third-order valence-electron chi connectivity index (χ3n) is 3.94. The number of benzene rings is 1. The average molecular weight is 354 g/mol. The molecular formula is C18H22N6O2. The molecule has 0 unspecified atom stereocenters. The molecule has 1 aromatic carbocycles. The van der Waals surface area contributed by atoms with E-state index in [-0.39, 0.29) is 5.91 Å². The number of nitrogens with zero attached hydrogens (tertiary/aromatic N) is 4. The topological polar surface area (TPSA) is 94.0 Å². The number of carbonyl (C=O) groups is 1. The van der Waals surface area contributed by atoms with Crippen molar-refractivity contribution < 1.29 is 9.53 Å². The summed E-state index contributed by atoms with van der Waals surface area (Å²) in [5.74, 6) is 1.15. The Hall–Kier alpha value is -3.16. The maximum absolute atomic E-state index is 12.3. The predicted molar refractivity (Wildman–Crippen MR) is 99.4 cm³/mol. The highest BCUT2D eigenvalue weighted by atomic mass is 16.5. The van der Waals surface area contributed by atoms with Crippen LogP contribution in [0.1, 0.15) is 23.7 Å². The molecule has 0 fully saturated rings. The molecule has 0 bridgehead atoms. The molecule has 2 N–H and O–H groups in total. The second-order valence-electron chi connectivity index (χ2n) is 5.71. The number of ether oxygens (including phenoxy) is 1. The zero-order chi connectivity index (χ0) is 18.4. The zero-order valence-electron chi connectivity index (χ0n) is 14.9. The minimum absolute atomic E-state index is 0.182. The molecule has 0 atom stereocenters. The van der Waals surface area contributed by atoms with Crippen molar-refractivity contribution in [3.8, 4) is 5.75 Å². The number of hydrogen-bond donors (Lipinski definition) is 2. The number of fused-ring (bicyclic) bond motifs is 1. The quantitative estimate of drug-likeness (QED) is 0.643. The molecule has 26 heavy (non-hydrogen) atoms. The van der Waals surface area contributed by atoms with Crippen molar-refractivity contribution in [1.29, 1.82) is 0 Å². The van der Waals surface area contributed by atoms with Crippen molar-refractivity contribution in [3.05, 3.63) is 42.4 Å². The van der Waals surface area contributed by atoms with E-state index < -0.39 is 0 Å². The molecule has 2 aromatic heterocycles. The summed E-state index contributed by atoms with van der Waals surface area (Å²) >= 11 is 0. The molecule has 3 rings (SSSR count). The summed E-state index contributed by atoms with van der Waals surface area (Å²) in [5, 5.41) is 11.4. The van der Waals surface area contributed by atoms with Gasteiger partial charge < -0.3 is 15.4 Å². The van der Waals surface area contributed by atoms with Crippen molar-refractivity contribution in [2.24, 2.45) is 0 Å². The van der Waals surface area contributed by atoms with Gasteiger partial charge in [-0.15, -0.1) is 0 Å². The molecule has 8 heteroatoms. The number of anilines is 1. The Labute approximate surface area is 151 Å². The van der Waals surface area contributed by atoms with Crippen molar-refractivity contribution in [2.75, 3.05) is 25.5 Å². The van der Waals surface area contributed by atoms with Gasteiger partial charge >= 0.3 is 0 Å². The van der Waals surface area contributed by atoms with Gasteiger partial charge in [0.2, 0.25) is 0 Å². The van der Waals surface area contributed by atoms with Gasteiger partial charge in [-0.25, -0.2) is 14.6 Å². The molecule has 8 nitrogen and oxygen atoms in total. The lowest BCUT2D eigenvalue weighted by atomic mass is 10.2. The summed E-state index contributed by atoms with van der Waals surface area (Å²) in [6, 6.07) is 7.13. The first kappa shape index (κ1) is 17.7. The van der Waals surface area contributed by atoms with Crippen LogP contribution in [0.4, 0.5) is 5.82 Å². The monoisotopic (exact) mass is 354 g/mol. The molecular weight excluding hydrogens is 332 g/mol. The van der Waals surface area contributed by atoms with Crippen molar-refractivity contribution in [1.82, 2.24) is 25.1 Å². The molecule has 0 saturated heterocycles. The van der Waals surface area contributed by atoms with E-state index in [4.69, 9.17) is 4.74 Å². The normalized spacial score (nSPS) is 10.7. The predicted octanol–water partition coefficient (Wildman–Crippen LogP) is 2.09. The highest BCUT2D eigenvalue weighted by molar-refractivity contribution is 5.96. The van der Waals surface area contributed by atoms with Gasteiger partial charge in [0, 0.05) is 13.1 Å². The minimum Gasteiger partial charge on any atom is -0.496 e. The maximum Gasteiger partial charge on any atom is 0.255 e. The lowest BCUT2D eigenvalue weighted by molar-refractivity contribution is 0.0949. The second kappa shape index (κ2) is 8.28. The van der Waals surface area contributed by atoms with E-state index in [1.165, 1.54) is 6.33 Å². The third-order valence-corrected chi connectivity index (χ3v) is 3.94. The Kier molecular flexibility index (Phi) is 5.62. The molecule has 0 radical (unpaired) electrons. The standard InChI is InChI=1S/C18H22N6O2/c1-3-8-19-16-14-11-23-24(17(14)22-12-21-16)10-9-20-18(25)13-6-4-5-7-15(13)26-2/h4-7,11-12H,3,8-10H2,1-2H3,(H,20,25)(H,19,21,22). The number of rotatable bonds is 8. The largest absolute Gasteiger partial charge is 0.496 e. The van der Waals surface area contributed by atoms with E-state index in [9.17, 15) is 4.79 Å². The smallest absolute Gasteiger partial charge is 0.255 e. The van der Waals surface area contributed by atoms with Crippen LogP contribution in [0, 0.1) is 0 Å². The molecule has 1 amide bonds. The fourth-order valence-electron chi connectivity index (χ4n) is 2.64. The van der Waals surface area contributed by atoms with Crippen LogP contribution in [0.3, 0.4) is 0 Å². The van der Waals surface area contributed by atoms with Gasteiger partial charge in [0.1, 0.15) is 17.9 Å². The molecule has 0 aliphatic rings. The Morgan fingerprint density at radius 3 is 2.88 bits per heavy atom. The first-order valence-corrected chi connectivity index (χ1v) is 8.56. The fourth-order valence-corrected chi connectivity index (χ4v) is 2.64. The average Bonchev–Trinajstić information content (AvgIpc) is 3.10. The number of carbonyl (C=O) groups excluding carboxylic acids is 1. The van der Waals surface area contributed by atoms with Crippen molar-refractivity contribution >= 4 is 22.8 Å². The summed E-state index contributed by atoms with van der Waals surface area (Å²) in [6.45, 7) is 3.87. The number of hydrogen-bond acceptors (Lipinski definition) is 6. The van der Waals surface area contributed by atoms with Crippen LogP contribution >= 0.6 is 0 Å². The van der Waals surface area contributed by atoms with Gasteiger partial charge in [0.25, 0.3) is 5.91 Å². The van der Waals surface area contributed by atoms with Crippen LogP contribution in [-0.4, -0.2) is 45.9 Å². The van der Waals surface area contributed by atoms with Crippen LogP contribution in [-0.2, 0) is 6.54 Å². The van der Waals surface area contributed by atoms with E-state index in [1.807, 2.05) is 6.07 Å². The zero-order valence-corrected chi connectivity index (χ0v) is 14.9. The summed E-state index contributed by atoms with van der Waals surface area (Å²) in [5.41, 5.74) is 1.25. The van der Waals surface area contributed by atoms with E-state index in [0.29, 0.717) is 24.4 Å². The lowest BCUT2D eigenvalue weighted by Crippen LogP contribution is -2.27. The first-order valence-electron chi connectivity index (χ1n) is 8.56. The van der Waals surface area contributed by atoms with Gasteiger partial charge in [-0.2, -0.15) is 5.10 Å². The molecule has 0 saturated carbocycles. The van der Waals surface area contributed by atoms with Crippen LogP contribution in [0.25, 0.3) is 11.0 Å². The number of nitrogens with one attached hydrogen (secondary N) is 2. The van der Waals surface area contributed by atoms with Crippen LogP contribution in [0.5, 0.6) is 5.75 Å². The van der Waals surface area contributed by atoms with E-state index in [1.54, 1.807) is 36.2 Å². The molecule has 2 heterocycles. The summed E-state index contributed by atoms with van der Waals surface area (Å²) in [4.78, 5) is 20.9. The lowest BCUT2D eigenvalue weighted by Gasteiger charge is -2.09. The van der Waals surface area contributed by atoms with Crippen LogP contribution < -0.4 is 15.4 Å². The molecule has 136 valence electrons. The van der Waals surface area contributed by atoms with Crippen LogP contribution in [0.15, 0.2) is 36.8 Å². The molecule has 0 spiro atoms. The Balaban J connectivity index is 1.66. The molecule has 0 aliphatic carbocycles. The Bertz CT molecular complexity index is 892. The number of methoxy groups -OCH3 is 1. The third kappa shape index (κ3) is 3.74. The fraction of sp³-hybridized carbons (Fsp3) is 0.333. The number of para-hydroxylation sites is 1. The van der Waals surface area contributed by atoms with Crippen molar-refractivity contribution in [3.63, 3.8) is 0 Å². The van der Waals surface area contributed by atoms with E-state index in [0.717, 1.165) is 29.8 Å². The van der Waals surface area contributed by atoms with Gasteiger partial charge in [0.05, 0.1) is 30.8 Å². The van der Waals surface area contributed by atoms with Gasteiger partial charge in [-0.05, 0) is 18.6 Å². The summed E-state index contributed by atoms with van der Waals surface area (Å²) in [6.07, 6.45) is 4.27. The molecule has 3 aromatic rings. The Morgan fingerprint density at radius 2 is 2.08 bits per heavy atom. The highest BCUT2D eigenvalue weighted by Gasteiger charge is 2.12. The van der Waals surface area contributed by atoms with Crippen molar-refractivity contribution in [2.45, 2.75) is 19.9 Å². The van der Waals surface area contributed by atoms with Gasteiger partial charge in [-0.3, -0.25) is 4.79 Å². The number of aromatic nitrogens is 4. The van der Waals surface area contributed by atoms with Crippen LogP contribution in [0.2, 0.25) is 0 Å². The van der Waals surface area contributed by atoms with Gasteiger partial charge in [-0.1, -0.05) is 19.1 Å². The minimum atomic E-state index is -0.182. The first-order chi connectivity index (χ1) is 12.7.